The summed E-state index contributed by atoms with van der Waals surface area (Å²) in [5.41, 5.74) is 5.65. The highest BCUT2D eigenvalue weighted by atomic mass is 15.1. The number of benzene rings is 1. The lowest BCUT2D eigenvalue weighted by Gasteiger charge is -2.06. The molecular formula is C15H18N2. The van der Waals surface area contributed by atoms with E-state index in [-0.39, 0.29) is 0 Å². The van der Waals surface area contributed by atoms with Gasteiger partial charge in [-0.1, -0.05) is 31.0 Å². The third-order valence-electron chi connectivity index (χ3n) is 2.79. The second kappa shape index (κ2) is 4.66. The predicted molar refractivity (Wildman–Crippen MR) is 71.0 cm³/mol. The maximum Gasteiger partial charge on any atom is 0.0930 e. The van der Waals surface area contributed by atoms with Crippen LogP contribution >= 0.6 is 0 Å². The highest BCUT2D eigenvalue weighted by molar-refractivity contribution is 5.60. The van der Waals surface area contributed by atoms with Gasteiger partial charge in [0.05, 0.1) is 11.4 Å². The molecule has 0 bridgehead atoms. The first kappa shape index (κ1) is 11.8. The Labute approximate surface area is 103 Å². The van der Waals surface area contributed by atoms with Crippen LogP contribution in [0.5, 0.6) is 0 Å². The molecule has 0 aliphatic rings. The van der Waals surface area contributed by atoms with Crippen molar-refractivity contribution >= 4 is 0 Å². The van der Waals surface area contributed by atoms with E-state index in [0.29, 0.717) is 5.92 Å². The number of hydrogen-bond donors (Lipinski definition) is 0. The average molecular weight is 226 g/mol. The Morgan fingerprint density at radius 1 is 0.882 bits per heavy atom. The van der Waals surface area contributed by atoms with Crippen LogP contribution < -0.4 is 0 Å². The summed E-state index contributed by atoms with van der Waals surface area (Å²) in [6, 6.07) is 10.6. The predicted octanol–water partition coefficient (Wildman–Crippen LogP) is 3.88. The molecule has 2 rings (SSSR count). The zero-order valence-electron chi connectivity index (χ0n) is 10.9. The standard InChI is InChI=1S/C15H18N2/c1-10(2)14-5-6-15(17-16-14)13-8-11(3)7-12(4)9-13/h5-10H,1-4H3. The summed E-state index contributed by atoms with van der Waals surface area (Å²) in [5.74, 6) is 0.427. The zero-order valence-corrected chi connectivity index (χ0v) is 10.9. The van der Waals surface area contributed by atoms with E-state index in [4.69, 9.17) is 0 Å². The maximum atomic E-state index is 4.30. The number of rotatable bonds is 2. The molecular weight excluding hydrogens is 208 g/mol. The van der Waals surface area contributed by atoms with Gasteiger partial charge < -0.3 is 0 Å². The Morgan fingerprint density at radius 3 is 2.00 bits per heavy atom. The van der Waals surface area contributed by atoms with E-state index in [0.717, 1.165) is 17.0 Å². The molecule has 0 saturated heterocycles. The van der Waals surface area contributed by atoms with Gasteiger partial charge in [0.25, 0.3) is 0 Å². The molecule has 0 N–H and O–H groups in total. The fraction of sp³-hybridized carbons (Fsp3) is 0.333. The quantitative estimate of drug-likeness (QED) is 0.776. The van der Waals surface area contributed by atoms with Crippen molar-refractivity contribution in [3.8, 4) is 11.3 Å². The van der Waals surface area contributed by atoms with E-state index in [1.165, 1.54) is 11.1 Å². The van der Waals surface area contributed by atoms with Crippen LogP contribution in [0.4, 0.5) is 0 Å². The summed E-state index contributed by atoms with van der Waals surface area (Å²) in [4.78, 5) is 0. The van der Waals surface area contributed by atoms with Crippen LogP contribution in [0.25, 0.3) is 11.3 Å². The van der Waals surface area contributed by atoms with E-state index < -0.39 is 0 Å². The molecule has 17 heavy (non-hydrogen) atoms. The Kier molecular flexibility index (Phi) is 3.23. The molecule has 2 nitrogen and oxygen atoms in total. The van der Waals surface area contributed by atoms with Gasteiger partial charge in [-0.05, 0) is 44.0 Å². The van der Waals surface area contributed by atoms with Gasteiger partial charge in [0.2, 0.25) is 0 Å². The van der Waals surface area contributed by atoms with Crippen molar-refractivity contribution in [2.45, 2.75) is 33.6 Å². The minimum Gasteiger partial charge on any atom is -0.155 e. The summed E-state index contributed by atoms with van der Waals surface area (Å²) in [6.45, 7) is 8.46. The van der Waals surface area contributed by atoms with Crippen LogP contribution in [0.15, 0.2) is 30.3 Å². The fourth-order valence-electron chi connectivity index (χ4n) is 1.93. The second-order valence-corrected chi connectivity index (χ2v) is 4.87. The van der Waals surface area contributed by atoms with Gasteiger partial charge in [-0.3, -0.25) is 0 Å². The van der Waals surface area contributed by atoms with Crippen LogP contribution in [-0.2, 0) is 0 Å². The maximum absolute atomic E-state index is 4.30. The minimum atomic E-state index is 0.427. The van der Waals surface area contributed by atoms with Gasteiger partial charge in [0, 0.05) is 5.56 Å². The normalized spacial score (nSPS) is 10.9. The van der Waals surface area contributed by atoms with Gasteiger partial charge in [0.15, 0.2) is 0 Å². The molecule has 0 radical (unpaired) electrons. The highest BCUT2D eigenvalue weighted by Crippen LogP contribution is 2.20. The first-order chi connectivity index (χ1) is 8.06. The Morgan fingerprint density at radius 2 is 1.53 bits per heavy atom. The largest absolute Gasteiger partial charge is 0.155 e. The van der Waals surface area contributed by atoms with Crippen molar-refractivity contribution in [2.24, 2.45) is 0 Å². The number of nitrogens with zero attached hydrogens (tertiary/aromatic N) is 2. The van der Waals surface area contributed by atoms with E-state index >= 15 is 0 Å². The van der Waals surface area contributed by atoms with Crippen LogP contribution in [0.3, 0.4) is 0 Å². The zero-order chi connectivity index (χ0) is 12.4. The number of aryl methyl sites for hydroxylation is 2. The lowest BCUT2D eigenvalue weighted by atomic mass is 10.0. The summed E-state index contributed by atoms with van der Waals surface area (Å²) >= 11 is 0. The average Bonchev–Trinajstić information content (AvgIpc) is 2.28. The summed E-state index contributed by atoms with van der Waals surface area (Å²) in [5, 5.41) is 8.57. The van der Waals surface area contributed by atoms with Crippen molar-refractivity contribution in [2.75, 3.05) is 0 Å². The summed E-state index contributed by atoms with van der Waals surface area (Å²) in [7, 11) is 0. The van der Waals surface area contributed by atoms with Crippen molar-refractivity contribution < 1.29 is 0 Å². The van der Waals surface area contributed by atoms with Crippen molar-refractivity contribution in [1.29, 1.82) is 0 Å². The topological polar surface area (TPSA) is 25.8 Å². The fourth-order valence-corrected chi connectivity index (χ4v) is 1.93. The van der Waals surface area contributed by atoms with Gasteiger partial charge in [-0.15, -0.1) is 0 Å². The molecule has 0 aliphatic heterocycles. The number of hydrogen-bond acceptors (Lipinski definition) is 2. The molecule has 0 atom stereocenters. The molecule has 0 spiro atoms. The van der Waals surface area contributed by atoms with Crippen LogP contribution in [0.1, 0.15) is 36.6 Å². The Bertz CT molecular complexity index is 493. The van der Waals surface area contributed by atoms with Crippen molar-refractivity contribution in [3.63, 3.8) is 0 Å². The monoisotopic (exact) mass is 226 g/mol. The van der Waals surface area contributed by atoms with Crippen molar-refractivity contribution in [1.82, 2.24) is 10.2 Å². The van der Waals surface area contributed by atoms with E-state index in [2.05, 4.69) is 68.2 Å². The SMILES string of the molecule is Cc1cc(C)cc(-c2ccc(C(C)C)nn2)c1. The third-order valence-corrected chi connectivity index (χ3v) is 2.79. The van der Waals surface area contributed by atoms with Crippen LogP contribution in [-0.4, -0.2) is 10.2 Å². The third kappa shape index (κ3) is 2.70. The van der Waals surface area contributed by atoms with Gasteiger partial charge in [0.1, 0.15) is 0 Å². The van der Waals surface area contributed by atoms with E-state index in [1.54, 1.807) is 0 Å². The Balaban J connectivity index is 2.39. The van der Waals surface area contributed by atoms with E-state index in [9.17, 15) is 0 Å². The van der Waals surface area contributed by atoms with Crippen LogP contribution in [0, 0.1) is 13.8 Å². The first-order valence-electron chi connectivity index (χ1n) is 5.98. The smallest absolute Gasteiger partial charge is 0.0930 e. The molecule has 1 aromatic heterocycles. The molecule has 1 aromatic carbocycles. The lowest BCUT2D eigenvalue weighted by molar-refractivity contribution is 0.787. The highest BCUT2D eigenvalue weighted by Gasteiger charge is 2.04. The summed E-state index contributed by atoms with van der Waals surface area (Å²) < 4.78 is 0. The molecule has 0 fully saturated rings. The van der Waals surface area contributed by atoms with Gasteiger partial charge in [-0.2, -0.15) is 10.2 Å². The molecule has 0 unspecified atom stereocenters. The summed E-state index contributed by atoms with van der Waals surface area (Å²) in [6.07, 6.45) is 0. The van der Waals surface area contributed by atoms with E-state index in [1.807, 2.05) is 0 Å². The lowest BCUT2D eigenvalue weighted by Crippen LogP contribution is -1.96. The molecule has 2 heteroatoms. The molecule has 0 saturated carbocycles. The van der Waals surface area contributed by atoms with Crippen molar-refractivity contribution in [3.05, 3.63) is 47.2 Å². The van der Waals surface area contributed by atoms with Gasteiger partial charge in [-0.25, -0.2) is 0 Å². The minimum absolute atomic E-state index is 0.427. The van der Waals surface area contributed by atoms with Crippen LogP contribution in [0.2, 0.25) is 0 Å². The molecule has 0 amide bonds. The molecule has 1 heterocycles. The number of aromatic nitrogens is 2. The van der Waals surface area contributed by atoms with Gasteiger partial charge >= 0.3 is 0 Å². The molecule has 2 aromatic rings. The Hall–Kier alpha value is -1.70. The second-order valence-electron chi connectivity index (χ2n) is 4.87. The molecule has 88 valence electrons. The first-order valence-corrected chi connectivity index (χ1v) is 5.98. The molecule has 0 aliphatic carbocycles.